The van der Waals surface area contributed by atoms with E-state index in [9.17, 15) is 0 Å². The van der Waals surface area contributed by atoms with E-state index in [1.165, 1.54) is 12.8 Å². The van der Waals surface area contributed by atoms with E-state index in [4.69, 9.17) is 0 Å². The van der Waals surface area contributed by atoms with Crippen molar-refractivity contribution < 1.29 is 0 Å². The molecule has 0 aliphatic heterocycles. The molecule has 1 unspecified atom stereocenters. The van der Waals surface area contributed by atoms with Gasteiger partial charge in [0.15, 0.2) is 0 Å². The predicted octanol–water partition coefficient (Wildman–Crippen LogP) is 2.75. The molecule has 0 aromatic heterocycles. The Labute approximate surface area is 54.9 Å². The molecule has 0 N–H and O–H groups in total. The first-order valence-electron chi connectivity index (χ1n) is 2.61. The summed E-state index contributed by atoms with van der Waals surface area (Å²) in [5, 5.41) is 0.730. The Morgan fingerprint density at radius 3 is 2.43 bits per heavy atom. The third-order valence-electron chi connectivity index (χ3n) is 0.875. The van der Waals surface area contributed by atoms with Crippen molar-refractivity contribution >= 4 is 22.5 Å². The molecule has 0 aliphatic carbocycles. The van der Waals surface area contributed by atoms with Crippen molar-refractivity contribution in [2.75, 3.05) is 0 Å². The van der Waals surface area contributed by atoms with E-state index in [0.29, 0.717) is 0 Å². The number of thiol groups is 1. The normalized spacial score (nSPS) is 14.1. The van der Waals surface area contributed by atoms with E-state index in [-0.39, 0.29) is 0 Å². The van der Waals surface area contributed by atoms with E-state index in [1.807, 2.05) is 0 Å². The van der Waals surface area contributed by atoms with Crippen LogP contribution in [0.1, 0.15) is 26.7 Å². The van der Waals surface area contributed by atoms with Crippen molar-refractivity contribution in [3.05, 3.63) is 0 Å². The third-order valence-corrected chi connectivity index (χ3v) is 2.55. The van der Waals surface area contributed by atoms with Crippen LogP contribution in [-0.4, -0.2) is 5.25 Å². The first-order valence-corrected chi connectivity index (χ1v) is 4.54. The predicted molar refractivity (Wildman–Crippen MR) is 40.9 cm³/mol. The summed E-state index contributed by atoms with van der Waals surface area (Å²) in [6.07, 6.45) is 2.56. The van der Waals surface area contributed by atoms with E-state index >= 15 is 0 Å². The molecule has 0 aromatic rings. The van der Waals surface area contributed by atoms with Gasteiger partial charge in [-0.05, 0) is 6.42 Å². The lowest BCUT2D eigenvalue weighted by Crippen LogP contribution is -1.89. The van der Waals surface area contributed by atoms with Crippen LogP contribution in [0.4, 0.5) is 0 Å². The average Bonchev–Trinajstić information content (AvgIpc) is 1.68. The van der Waals surface area contributed by atoms with Gasteiger partial charge in [-0.15, -0.1) is 11.7 Å². The molecule has 44 valence electrons. The monoisotopic (exact) mass is 136 g/mol. The highest BCUT2D eigenvalue weighted by Crippen LogP contribution is 2.17. The molecule has 0 fully saturated rings. The van der Waals surface area contributed by atoms with Gasteiger partial charge < -0.3 is 0 Å². The summed E-state index contributed by atoms with van der Waals surface area (Å²) >= 11 is 4.07. The Balaban J connectivity index is 2.83. The van der Waals surface area contributed by atoms with Crippen molar-refractivity contribution in [1.82, 2.24) is 0 Å². The fourth-order valence-electron chi connectivity index (χ4n) is 0.459. The van der Waals surface area contributed by atoms with Crippen LogP contribution >= 0.6 is 22.5 Å². The van der Waals surface area contributed by atoms with Gasteiger partial charge in [0, 0.05) is 5.25 Å². The average molecular weight is 136 g/mol. The van der Waals surface area contributed by atoms with Gasteiger partial charge in [0.1, 0.15) is 0 Å². The van der Waals surface area contributed by atoms with Gasteiger partial charge in [0.25, 0.3) is 0 Å². The summed E-state index contributed by atoms with van der Waals surface area (Å²) in [5.74, 6) is 0. The molecule has 0 spiro atoms. The maximum atomic E-state index is 4.07. The van der Waals surface area contributed by atoms with Gasteiger partial charge in [-0.25, -0.2) is 0 Å². The van der Waals surface area contributed by atoms with Gasteiger partial charge in [0.2, 0.25) is 0 Å². The topological polar surface area (TPSA) is 0 Å². The zero-order valence-electron chi connectivity index (χ0n) is 4.85. The van der Waals surface area contributed by atoms with Crippen molar-refractivity contribution in [2.24, 2.45) is 0 Å². The molecule has 1 atom stereocenters. The quantitative estimate of drug-likeness (QED) is 0.460. The van der Waals surface area contributed by atoms with Crippen molar-refractivity contribution in [1.29, 1.82) is 0 Å². The van der Waals surface area contributed by atoms with E-state index < -0.39 is 0 Å². The third kappa shape index (κ3) is 4.56. The first kappa shape index (κ1) is 7.70. The molecule has 0 radical (unpaired) electrons. The van der Waals surface area contributed by atoms with Gasteiger partial charge >= 0.3 is 0 Å². The fourth-order valence-corrected chi connectivity index (χ4v) is 1.12. The van der Waals surface area contributed by atoms with Crippen LogP contribution in [0, 0.1) is 0 Å². The van der Waals surface area contributed by atoms with Gasteiger partial charge in [-0.1, -0.05) is 31.1 Å². The SMILES string of the molecule is CCCC(C)SS. The van der Waals surface area contributed by atoms with Gasteiger partial charge in [-0.3, -0.25) is 0 Å². The smallest absolute Gasteiger partial charge is 0.0120 e. The van der Waals surface area contributed by atoms with E-state index in [1.54, 1.807) is 10.8 Å². The lowest BCUT2D eigenvalue weighted by Gasteiger charge is -2.01. The maximum absolute atomic E-state index is 4.07. The highest BCUT2D eigenvalue weighted by molar-refractivity contribution is 8.68. The fraction of sp³-hybridized carbons (Fsp3) is 1.00. The minimum Gasteiger partial charge on any atom is -0.111 e. The Bertz CT molecular complexity index is 37.1. The van der Waals surface area contributed by atoms with E-state index in [0.717, 1.165) is 5.25 Å². The first-order chi connectivity index (χ1) is 3.31. The molecular formula is C5H12S2. The highest BCUT2D eigenvalue weighted by Gasteiger charge is 1.94. The summed E-state index contributed by atoms with van der Waals surface area (Å²) in [7, 11) is 1.64. The van der Waals surface area contributed by atoms with Crippen LogP contribution in [-0.2, 0) is 0 Å². The molecule has 0 amide bonds. The maximum Gasteiger partial charge on any atom is 0.0120 e. The van der Waals surface area contributed by atoms with Crippen LogP contribution in [0.25, 0.3) is 0 Å². The van der Waals surface area contributed by atoms with Gasteiger partial charge in [-0.2, -0.15) is 0 Å². The van der Waals surface area contributed by atoms with Crippen LogP contribution < -0.4 is 0 Å². The number of rotatable bonds is 3. The molecule has 0 saturated carbocycles. The summed E-state index contributed by atoms with van der Waals surface area (Å²) in [4.78, 5) is 0. The van der Waals surface area contributed by atoms with Crippen LogP contribution in [0.15, 0.2) is 0 Å². The molecule has 0 aliphatic rings. The summed E-state index contributed by atoms with van der Waals surface area (Å²) in [5.41, 5.74) is 0. The van der Waals surface area contributed by atoms with Crippen LogP contribution in [0.5, 0.6) is 0 Å². The lowest BCUT2D eigenvalue weighted by atomic mass is 10.3. The summed E-state index contributed by atoms with van der Waals surface area (Å²) in [6, 6.07) is 0. The van der Waals surface area contributed by atoms with Crippen molar-refractivity contribution in [2.45, 2.75) is 31.9 Å². The standard InChI is InChI=1S/C5H12S2/c1-3-4-5(2)7-6/h5-6H,3-4H2,1-2H3. The molecule has 2 heteroatoms. The minimum absolute atomic E-state index is 0.730. The molecule has 0 rings (SSSR count). The molecule has 0 saturated heterocycles. The summed E-state index contributed by atoms with van der Waals surface area (Å²) < 4.78 is 0. The van der Waals surface area contributed by atoms with E-state index in [2.05, 4.69) is 25.5 Å². The second-order valence-corrected chi connectivity index (χ2v) is 3.35. The second kappa shape index (κ2) is 4.85. The molecular weight excluding hydrogens is 124 g/mol. The Morgan fingerprint density at radius 1 is 1.71 bits per heavy atom. The highest BCUT2D eigenvalue weighted by atomic mass is 33.1. The van der Waals surface area contributed by atoms with Crippen LogP contribution in [0.2, 0.25) is 0 Å². The second-order valence-electron chi connectivity index (χ2n) is 1.70. The largest absolute Gasteiger partial charge is 0.111 e. The zero-order chi connectivity index (χ0) is 5.70. The van der Waals surface area contributed by atoms with Gasteiger partial charge in [0.05, 0.1) is 0 Å². The Kier molecular flexibility index (Phi) is 5.33. The molecule has 0 bridgehead atoms. The zero-order valence-corrected chi connectivity index (χ0v) is 6.56. The molecule has 0 nitrogen and oxygen atoms in total. The lowest BCUT2D eigenvalue weighted by molar-refractivity contribution is 0.790. The Morgan fingerprint density at radius 2 is 2.29 bits per heavy atom. The van der Waals surface area contributed by atoms with Crippen molar-refractivity contribution in [3.63, 3.8) is 0 Å². The molecule has 0 heterocycles. The number of hydrogen-bond acceptors (Lipinski definition) is 2. The minimum atomic E-state index is 0.730. The molecule has 7 heavy (non-hydrogen) atoms. The summed E-state index contributed by atoms with van der Waals surface area (Å²) in [6.45, 7) is 4.39. The molecule has 0 aromatic carbocycles. The Hall–Kier alpha value is 0.700. The van der Waals surface area contributed by atoms with Crippen LogP contribution in [0.3, 0.4) is 0 Å². The van der Waals surface area contributed by atoms with Crippen molar-refractivity contribution in [3.8, 4) is 0 Å². The number of hydrogen-bond donors (Lipinski definition) is 1.